The Labute approximate surface area is 111 Å². The third-order valence-corrected chi connectivity index (χ3v) is 2.59. The number of alkyl halides is 1. The van der Waals surface area contributed by atoms with E-state index in [1.807, 2.05) is 0 Å². The van der Waals surface area contributed by atoms with Gasteiger partial charge in [0.1, 0.15) is 5.56 Å². The zero-order chi connectivity index (χ0) is 13.4. The molecule has 5 nitrogen and oxygen atoms in total. The predicted octanol–water partition coefficient (Wildman–Crippen LogP) is 1.46. The highest BCUT2D eigenvalue weighted by Crippen LogP contribution is 2.13. The van der Waals surface area contributed by atoms with E-state index < -0.39 is 0 Å². The van der Waals surface area contributed by atoms with Crippen molar-refractivity contribution < 1.29 is 14.3 Å². The number of carbonyl (C=O) groups is 1. The van der Waals surface area contributed by atoms with E-state index in [0.717, 1.165) is 0 Å². The Kier molecular flexibility index (Phi) is 6.46. The van der Waals surface area contributed by atoms with Crippen molar-refractivity contribution in [3.05, 3.63) is 23.9 Å². The van der Waals surface area contributed by atoms with E-state index in [4.69, 9.17) is 21.1 Å². The van der Waals surface area contributed by atoms with Crippen LogP contribution >= 0.6 is 11.6 Å². The molecule has 1 heterocycles. The van der Waals surface area contributed by atoms with Gasteiger partial charge in [-0.2, -0.15) is 0 Å². The van der Waals surface area contributed by atoms with Gasteiger partial charge in [-0.3, -0.25) is 4.79 Å². The number of amides is 1. The fourth-order valence-corrected chi connectivity index (χ4v) is 1.78. The van der Waals surface area contributed by atoms with Crippen LogP contribution in [-0.4, -0.2) is 43.6 Å². The number of nitrogens with one attached hydrogen (secondary N) is 1. The number of nitrogens with zero attached hydrogens (tertiary/aromatic N) is 1. The van der Waals surface area contributed by atoms with Gasteiger partial charge in [-0.1, -0.05) is 0 Å². The van der Waals surface area contributed by atoms with Crippen LogP contribution in [-0.2, 0) is 4.74 Å². The molecule has 1 rings (SSSR count). The molecule has 100 valence electrons. The van der Waals surface area contributed by atoms with Gasteiger partial charge in [0.05, 0.1) is 19.8 Å². The van der Waals surface area contributed by atoms with Gasteiger partial charge in [0.15, 0.2) is 0 Å². The van der Waals surface area contributed by atoms with E-state index in [1.54, 1.807) is 25.4 Å². The molecule has 0 radical (unpaired) electrons. The van der Waals surface area contributed by atoms with Crippen LogP contribution in [0.4, 0.5) is 0 Å². The van der Waals surface area contributed by atoms with Crippen molar-refractivity contribution >= 4 is 17.5 Å². The zero-order valence-electron chi connectivity index (χ0n) is 10.5. The Bertz CT molecular complexity index is 381. The molecular weight excluding hydrogens is 256 g/mol. The second kappa shape index (κ2) is 7.89. The van der Waals surface area contributed by atoms with Gasteiger partial charge >= 0.3 is 0 Å². The summed E-state index contributed by atoms with van der Waals surface area (Å²) in [5.41, 5.74) is 0.399. The van der Waals surface area contributed by atoms with Crippen LogP contribution in [0.15, 0.2) is 18.3 Å². The number of carbonyl (C=O) groups excluding carboxylic acids is 1. The Morgan fingerprint density at radius 2 is 2.33 bits per heavy atom. The SMILES string of the molecule is COCC(CCCl)NC(=O)c1cccnc1OC. The summed E-state index contributed by atoms with van der Waals surface area (Å²) in [6.07, 6.45) is 2.21. The molecule has 18 heavy (non-hydrogen) atoms. The van der Waals surface area contributed by atoms with Crippen molar-refractivity contribution in [2.24, 2.45) is 0 Å². The topological polar surface area (TPSA) is 60.5 Å². The summed E-state index contributed by atoms with van der Waals surface area (Å²) in [4.78, 5) is 16.0. The summed E-state index contributed by atoms with van der Waals surface area (Å²) in [5, 5.41) is 2.84. The lowest BCUT2D eigenvalue weighted by Gasteiger charge is -2.17. The van der Waals surface area contributed by atoms with Gasteiger partial charge in [0.2, 0.25) is 5.88 Å². The van der Waals surface area contributed by atoms with E-state index >= 15 is 0 Å². The maximum atomic E-state index is 12.1. The molecule has 1 aromatic heterocycles. The first kappa shape index (κ1) is 14.7. The van der Waals surface area contributed by atoms with Gasteiger partial charge in [-0.05, 0) is 18.6 Å². The maximum Gasteiger partial charge on any atom is 0.257 e. The number of aromatic nitrogens is 1. The molecule has 0 fully saturated rings. The molecule has 0 aliphatic heterocycles. The molecular formula is C12H17ClN2O3. The molecule has 0 aromatic carbocycles. The summed E-state index contributed by atoms with van der Waals surface area (Å²) in [6, 6.07) is 3.22. The van der Waals surface area contributed by atoms with Gasteiger partial charge in [-0.15, -0.1) is 11.6 Å². The molecule has 1 unspecified atom stereocenters. The first-order valence-corrected chi connectivity index (χ1v) is 6.11. The number of hydrogen-bond acceptors (Lipinski definition) is 4. The minimum atomic E-state index is -0.243. The highest BCUT2D eigenvalue weighted by atomic mass is 35.5. The molecule has 1 N–H and O–H groups in total. The van der Waals surface area contributed by atoms with Crippen LogP contribution in [0.25, 0.3) is 0 Å². The second-order valence-corrected chi connectivity index (χ2v) is 4.04. The highest BCUT2D eigenvalue weighted by Gasteiger charge is 2.17. The lowest BCUT2D eigenvalue weighted by Crippen LogP contribution is -2.38. The maximum absolute atomic E-state index is 12.1. The van der Waals surface area contributed by atoms with Crippen LogP contribution in [0, 0.1) is 0 Å². The summed E-state index contributed by atoms with van der Waals surface area (Å²) < 4.78 is 10.1. The van der Waals surface area contributed by atoms with Gasteiger partial charge in [0.25, 0.3) is 5.91 Å². The Morgan fingerprint density at radius 3 is 2.94 bits per heavy atom. The highest BCUT2D eigenvalue weighted by molar-refractivity contribution is 6.17. The summed E-state index contributed by atoms with van der Waals surface area (Å²) in [7, 11) is 3.06. The number of pyridine rings is 1. The van der Waals surface area contributed by atoms with Crippen molar-refractivity contribution in [3.8, 4) is 5.88 Å². The molecule has 6 heteroatoms. The van der Waals surface area contributed by atoms with E-state index in [1.165, 1.54) is 7.11 Å². The lowest BCUT2D eigenvalue weighted by atomic mass is 10.2. The number of methoxy groups -OCH3 is 2. The van der Waals surface area contributed by atoms with E-state index in [0.29, 0.717) is 30.4 Å². The third kappa shape index (κ3) is 4.16. The van der Waals surface area contributed by atoms with E-state index in [-0.39, 0.29) is 11.9 Å². The fraction of sp³-hybridized carbons (Fsp3) is 0.500. The van der Waals surface area contributed by atoms with Crippen LogP contribution in [0.3, 0.4) is 0 Å². The van der Waals surface area contributed by atoms with Gasteiger partial charge in [-0.25, -0.2) is 4.98 Å². The molecule has 0 saturated carbocycles. The number of rotatable bonds is 7. The Balaban J connectivity index is 2.73. The summed E-state index contributed by atoms with van der Waals surface area (Å²) >= 11 is 5.68. The monoisotopic (exact) mass is 272 g/mol. The minimum absolute atomic E-state index is 0.120. The number of ether oxygens (including phenoxy) is 2. The molecule has 0 aliphatic carbocycles. The first-order chi connectivity index (χ1) is 8.72. The average molecular weight is 273 g/mol. The fourth-order valence-electron chi connectivity index (χ4n) is 1.52. The summed E-state index contributed by atoms with van der Waals surface area (Å²) in [5.74, 6) is 0.516. The molecule has 1 aromatic rings. The summed E-state index contributed by atoms with van der Waals surface area (Å²) in [6.45, 7) is 0.418. The van der Waals surface area contributed by atoms with E-state index in [2.05, 4.69) is 10.3 Å². The van der Waals surface area contributed by atoms with Crippen LogP contribution in [0.1, 0.15) is 16.8 Å². The second-order valence-electron chi connectivity index (χ2n) is 3.66. The number of halogens is 1. The molecule has 0 aliphatic rings. The predicted molar refractivity (Wildman–Crippen MR) is 69.3 cm³/mol. The molecule has 1 amide bonds. The van der Waals surface area contributed by atoms with Crippen molar-refractivity contribution in [2.45, 2.75) is 12.5 Å². The quantitative estimate of drug-likeness (QED) is 0.764. The molecule has 1 atom stereocenters. The standard InChI is InChI=1S/C12H17ClN2O3/c1-17-8-9(5-6-13)15-11(16)10-4-3-7-14-12(10)18-2/h3-4,7,9H,5-6,8H2,1-2H3,(H,15,16). The van der Waals surface area contributed by atoms with Crippen LogP contribution in [0.5, 0.6) is 5.88 Å². The van der Waals surface area contributed by atoms with E-state index in [9.17, 15) is 4.79 Å². The Hall–Kier alpha value is -1.33. The van der Waals surface area contributed by atoms with Crippen molar-refractivity contribution in [1.82, 2.24) is 10.3 Å². The zero-order valence-corrected chi connectivity index (χ0v) is 11.2. The van der Waals surface area contributed by atoms with Gasteiger partial charge < -0.3 is 14.8 Å². The van der Waals surface area contributed by atoms with Crippen LogP contribution < -0.4 is 10.1 Å². The average Bonchev–Trinajstić information content (AvgIpc) is 2.39. The first-order valence-electron chi connectivity index (χ1n) is 5.57. The smallest absolute Gasteiger partial charge is 0.257 e. The van der Waals surface area contributed by atoms with Gasteiger partial charge in [0, 0.05) is 19.2 Å². The molecule has 0 spiro atoms. The van der Waals surface area contributed by atoms with Crippen molar-refractivity contribution in [2.75, 3.05) is 26.7 Å². The normalized spacial score (nSPS) is 11.9. The van der Waals surface area contributed by atoms with Crippen LogP contribution in [0.2, 0.25) is 0 Å². The number of hydrogen-bond donors (Lipinski definition) is 1. The molecule has 0 saturated heterocycles. The van der Waals surface area contributed by atoms with Crippen molar-refractivity contribution in [3.63, 3.8) is 0 Å². The molecule has 0 bridgehead atoms. The minimum Gasteiger partial charge on any atom is -0.480 e. The lowest BCUT2D eigenvalue weighted by molar-refractivity contribution is 0.0891. The van der Waals surface area contributed by atoms with Crippen molar-refractivity contribution in [1.29, 1.82) is 0 Å². The Morgan fingerprint density at radius 1 is 1.56 bits per heavy atom. The largest absolute Gasteiger partial charge is 0.480 e. The third-order valence-electron chi connectivity index (χ3n) is 2.37.